The maximum absolute atomic E-state index is 13.6. The number of fused-ring (bicyclic) bond motifs is 2. The lowest BCUT2D eigenvalue weighted by atomic mass is 10.0. The van der Waals surface area contributed by atoms with E-state index in [4.69, 9.17) is 4.74 Å². The van der Waals surface area contributed by atoms with Crippen LogP contribution in [0.25, 0.3) is 21.8 Å². The van der Waals surface area contributed by atoms with E-state index in [2.05, 4.69) is 15.3 Å². The molecule has 0 aliphatic heterocycles. The Labute approximate surface area is 254 Å². The quantitative estimate of drug-likeness (QED) is 0.164. The van der Waals surface area contributed by atoms with Crippen molar-refractivity contribution in [1.82, 2.24) is 14.9 Å². The fraction of sp³-hybridized carbons (Fsp3) is 0.139. The van der Waals surface area contributed by atoms with Gasteiger partial charge in [0, 0.05) is 46.9 Å². The molecule has 0 aliphatic carbocycles. The van der Waals surface area contributed by atoms with Gasteiger partial charge in [0.1, 0.15) is 12.6 Å². The Kier molecular flexibility index (Phi) is 8.23. The highest BCUT2D eigenvalue weighted by molar-refractivity contribution is 5.98. The molecule has 0 radical (unpaired) electrons. The Morgan fingerprint density at radius 3 is 1.93 bits per heavy atom. The number of carbonyl (C=O) groups excluding carboxylic acids is 3. The van der Waals surface area contributed by atoms with E-state index in [1.54, 1.807) is 31.3 Å². The molecular formula is C36H32N4O4. The molecule has 1 atom stereocenters. The summed E-state index contributed by atoms with van der Waals surface area (Å²) in [5.41, 5.74) is 5.78. The van der Waals surface area contributed by atoms with Crippen molar-refractivity contribution in [2.24, 2.45) is 0 Å². The van der Waals surface area contributed by atoms with Gasteiger partial charge in [0.15, 0.2) is 0 Å². The number of para-hydroxylation sites is 2. The molecule has 2 heterocycles. The summed E-state index contributed by atoms with van der Waals surface area (Å²) in [5, 5.41) is 4.94. The lowest BCUT2D eigenvalue weighted by Crippen LogP contribution is -2.39. The van der Waals surface area contributed by atoms with E-state index >= 15 is 0 Å². The van der Waals surface area contributed by atoms with Gasteiger partial charge in [-0.05, 0) is 46.5 Å². The zero-order valence-electron chi connectivity index (χ0n) is 24.2. The molecule has 0 fully saturated rings. The number of anilines is 1. The molecule has 0 bridgehead atoms. The van der Waals surface area contributed by atoms with Crippen LogP contribution in [0.15, 0.2) is 116 Å². The Bertz CT molecular complexity index is 1920. The van der Waals surface area contributed by atoms with Crippen molar-refractivity contribution in [2.45, 2.75) is 25.5 Å². The van der Waals surface area contributed by atoms with Crippen LogP contribution < -0.4 is 5.32 Å². The van der Waals surface area contributed by atoms with Crippen molar-refractivity contribution in [3.63, 3.8) is 0 Å². The highest BCUT2D eigenvalue weighted by atomic mass is 16.5. The lowest BCUT2D eigenvalue weighted by Gasteiger charge is -2.28. The van der Waals surface area contributed by atoms with Gasteiger partial charge < -0.3 is 24.9 Å². The third-order valence-corrected chi connectivity index (χ3v) is 7.79. The highest BCUT2D eigenvalue weighted by Crippen LogP contribution is 2.25. The average molecular weight is 585 g/mol. The number of esters is 1. The summed E-state index contributed by atoms with van der Waals surface area (Å²) in [6.07, 6.45) is 4.00. The normalized spacial score (nSPS) is 11.8. The molecule has 2 amide bonds. The lowest BCUT2D eigenvalue weighted by molar-refractivity contribution is -0.144. The summed E-state index contributed by atoms with van der Waals surface area (Å²) < 4.78 is 5.51. The molecule has 0 aliphatic rings. The zero-order chi connectivity index (χ0) is 30.5. The molecule has 0 saturated carbocycles. The highest BCUT2D eigenvalue weighted by Gasteiger charge is 2.29. The zero-order valence-corrected chi connectivity index (χ0v) is 24.2. The molecule has 4 aromatic carbocycles. The van der Waals surface area contributed by atoms with E-state index < -0.39 is 6.04 Å². The minimum atomic E-state index is -0.834. The summed E-state index contributed by atoms with van der Waals surface area (Å²) in [6, 6.07) is 31.2. The minimum absolute atomic E-state index is 0.118. The molecule has 1 unspecified atom stereocenters. The molecule has 8 nitrogen and oxygen atoms in total. The Morgan fingerprint density at radius 2 is 1.30 bits per heavy atom. The average Bonchev–Trinajstić information content (AvgIpc) is 3.65. The first-order valence-corrected chi connectivity index (χ1v) is 14.4. The number of rotatable bonds is 10. The summed E-state index contributed by atoms with van der Waals surface area (Å²) in [6.45, 7) is 0.118. The van der Waals surface area contributed by atoms with Crippen LogP contribution in [0.5, 0.6) is 0 Å². The number of ether oxygens (including phenoxy) is 1. The number of benzene rings is 4. The van der Waals surface area contributed by atoms with E-state index in [1.807, 2.05) is 91.3 Å². The van der Waals surface area contributed by atoms with Crippen LogP contribution in [-0.4, -0.2) is 39.7 Å². The van der Waals surface area contributed by atoms with E-state index in [9.17, 15) is 14.4 Å². The number of amides is 2. The van der Waals surface area contributed by atoms with E-state index in [0.29, 0.717) is 11.3 Å². The van der Waals surface area contributed by atoms with Crippen LogP contribution in [0.2, 0.25) is 0 Å². The van der Waals surface area contributed by atoms with E-state index in [-0.39, 0.29) is 37.2 Å². The van der Waals surface area contributed by atoms with Crippen LogP contribution in [0, 0.1) is 0 Å². The van der Waals surface area contributed by atoms with Crippen LogP contribution in [0.3, 0.4) is 0 Å². The van der Waals surface area contributed by atoms with Crippen molar-refractivity contribution in [1.29, 1.82) is 0 Å². The molecule has 2 aromatic heterocycles. The standard InChI is InChI=1S/C36H32N4O4/c1-40(33(41)19-26-21-37-31-13-7-5-11-29(26)31)35(25-9-3-2-4-10-25)36(43)39-28-17-15-24(16-18-28)23-44-34(42)20-27-22-38-32-14-8-6-12-30(27)32/h2-18,21-22,35,37-38H,19-20,23H2,1H3,(H,39,43). The minimum Gasteiger partial charge on any atom is -0.461 e. The van der Waals surface area contributed by atoms with Gasteiger partial charge in [0.2, 0.25) is 5.91 Å². The van der Waals surface area contributed by atoms with Crippen molar-refractivity contribution in [2.75, 3.05) is 12.4 Å². The second-order valence-corrected chi connectivity index (χ2v) is 10.7. The van der Waals surface area contributed by atoms with E-state index in [1.165, 1.54) is 4.90 Å². The first-order chi connectivity index (χ1) is 21.5. The summed E-state index contributed by atoms with van der Waals surface area (Å²) in [4.78, 5) is 47.5. The topological polar surface area (TPSA) is 107 Å². The Balaban J connectivity index is 1.09. The maximum atomic E-state index is 13.6. The number of carbonyl (C=O) groups is 3. The molecule has 0 spiro atoms. The number of aromatic amines is 2. The fourth-order valence-electron chi connectivity index (χ4n) is 5.44. The maximum Gasteiger partial charge on any atom is 0.310 e. The second kappa shape index (κ2) is 12.7. The molecule has 44 heavy (non-hydrogen) atoms. The summed E-state index contributed by atoms with van der Waals surface area (Å²) in [5.74, 6) is -0.828. The van der Waals surface area contributed by atoms with Gasteiger partial charge >= 0.3 is 5.97 Å². The molecule has 3 N–H and O–H groups in total. The molecule has 8 heteroatoms. The first kappa shape index (κ1) is 28.5. The number of aromatic nitrogens is 2. The molecule has 0 saturated heterocycles. The Hall–Kier alpha value is -5.63. The number of hydrogen-bond acceptors (Lipinski definition) is 4. The molecule has 220 valence electrons. The Morgan fingerprint density at radius 1 is 0.727 bits per heavy atom. The van der Waals surface area contributed by atoms with Gasteiger partial charge in [0.05, 0.1) is 12.8 Å². The third kappa shape index (κ3) is 6.24. The van der Waals surface area contributed by atoms with Crippen molar-refractivity contribution >= 4 is 45.3 Å². The van der Waals surface area contributed by atoms with Gasteiger partial charge in [-0.25, -0.2) is 0 Å². The second-order valence-electron chi connectivity index (χ2n) is 10.7. The number of hydrogen-bond donors (Lipinski definition) is 3. The van der Waals surface area contributed by atoms with Gasteiger partial charge in [0.25, 0.3) is 5.91 Å². The predicted octanol–water partition coefficient (Wildman–Crippen LogP) is 6.32. The van der Waals surface area contributed by atoms with Crippen molar-refractivity contribution < 1.29 is 19.1 Å². The van der Waals surface area contributed by atoms with Gasteiger partial charge in [-0.2, -0.15) is 0 Å². The van der Waals surface area contributed by atoms with Gasteiger partial charge in [-0.1, -0.05) is 78.9 Å². The summed E-state index contributed by atoms with van der Waals surface area (Å²) >= 11 is 0. The van der Waals surface area contributed by atoms with Crippen LogP contribution in [0.4, 0.5) is 5.69 Å². The monoisotopic (exact) mass is 584 g/mol. The van der Waals surface area contributed by atoms with Gasteiger partial charge in [-0.3, -0.25) is 14.4 Å². The van der Waals surface area contributed by atoms with Crippen molar-refractivity contribution in [3.05, 3.63) is 138 Å². The molecule has 6 aromatic rings. The smallest absolute Gasteiger partial charge is 0.310 e. The molecule has 6 rings (SSSR count). The number of likely N-dealkylation sites (N-methyl/N-ethyl adjacent to an activating group) is 1. The fourth-order valence-corrected chi connectivity index (χ4v) is 5.44. The number of H-pyrrole nitrogens is 2. The van der Waals surface area contributed by atoms with Crippen LogP contribution >= 0.6 is 0 Å². The summed E-state index contributed by atoms with van der Waals surface area (Å²) in [7, 11) is 1.65. The first-order valence-electron chi connectivity index (χ1n) is 14.4. The number of nitrogens with zero attached hydrogens (tertiary/aromatic N) is 1. The SMILES string of the molecule is CN(C(=O)Cc1c[nH]c2ccccc12)C(C(=O)Nc1ccc(COC(=O)Cc2c[nH]c3ccccc23)cc1)c1ccccc1. The van der Waals surface area contributed by atoms with Crippen LogP contribution in [-0.2, 0) is 38.6 Å². The molecular weight excluding hydrogens is 552 g/mol. The number of nitrogens with one attached hydrogen (secondary N) is 3. The largest absolute Gasteiger partial charge is 0.461 e. The van der Waals surface area contributed by atoms with Crippen LogP contribution in [0.1, 0.15) is 28.3 Å². The predicted molar refractivity (Wildman–Crippen MR) is 171 cm³/mol. The third-order valence-electron chi connectivity index (χ3n) is 7.79. The van der Waals surface area contributed by atoms with Gasteiger partial charge in [-0.15, -0.1) is 0 Å². The van der Waals surface area contributed by atoms with E-state index in [0.717, 1.165) is 38.5 Å². The van der Waals surface area contributed by atoms with Crippen molar-refractivity contribution in [3.8, 4) is 0 Å².